The Bertz CT molecular complexity index is 8950. The van der Waals surface area contributed by atoms with Crippen LogP contribution >= 0.6 is 0 Å². The highest BCUT2D eigenvalue weighted by atomic mass is 19.2. The van der Waals surface area contributed by atoms with Crippen molar-refractivity contribution >= 4 is 117 Å². The van der Waals surface area contributed by atoms with Crippen molar-refractivity contribution in [1.82, 2.24) is 13.7 Å². The Morgan fingerprint density at radius 3 is 0.651 bits per heavy atom. The quantitative estimate of drug-likeness (QED) is 0.0486. The molecule has 21 aromatic carbocycles. The number of hydrogen-bond acceptors (Lipinski definition) is 3. The number of anilines is 9. The van der Waals surface area contributed by atoms with E-state index in [1.54, 1.807) is 36.4 Å². The van der Waals surface area contributed by atoms with Crippen LogP contribution < -0.4 is 14.7 Å². The highest BCUT2D eigenvalue weighted by Gasteiger charge is 2.37. The molecule has 0 N–H and O–H groups in total. The molecule has 0 atom stereocenters. The third-order valence-corrected chi connectivity index (χ3v) is 26.8. The fourth-order valence-corrected chi connectivity index (χ4v) is 19.7. The second kappa shape index (κ2) is 39.3. The number of nitrogens with zero attached hydrogens (tertiary/aromatic N) is 6. The molecule has 17 heteroatoms. The molecule has 24 aromatic rings. The van der Waals surface area contributed by atoms with Crippen molar-refractivity contribution in [3.8, 4) is 83.8 Å². The molecule has 146 heavy (non-hydrogen) atoms. The average molecular weight is 1930 g/mol. The maximum absolute atomic E-state index is 16.3. The summed E-state index contributed by atoms with van der Waals surface area (Å²) >= 11 is 0. The van der Waals surface area contributed by atoms with E-state index in [1.165, 1.54) is 114 Å². The summed E-state index contributed by atoms with van der Waals surface area (Å²) in [5.41, 5.74) is 23.7. The molecule has 0 aliphatic heterocycles. The topological polar surface area (TPSA) is 24.5 Å². The number of aryl methyl sites for hydroxylation is 3. The summed E-state index contributed by atoms with van der Waals surface area (Å²) in [6.45, 7) is 6.30. The Morgan fingerprint density at radius 1 is 0.158 bits per heavy atom. The Hall–Kier alpha value is -18.4. The lowest BCUT2D eigenvalue weighted by Crippen LogP contribution is -2.17. The molecule has 0 fully saturated rings. The van der Waals surface area contributed by atoms with Gasteiger partial charge in [-0.15, -0.1) is 0 Å². The molecule has 0 saturated heterocycles. The fourth-order valence-electron chi connectivity index (χ4n) is 19.7. The van der Waals surface area contributed by atoms with Gasteiger partial charge < -0.3 is 28.4 Å². The first-order valence-electron chi connectivity index (χ1n) is 47.5. The molecule has 708 valence electrons. The maximum Gasteiger partial charge on any atom is 0.200 e. The lowest BCUT2D eigenvalue weighted by atomic mass is 9.99. The molecule has 3 heterocycles. The zero-order chi connectivity index (χ0) is 100. The zero-order valence-electron chi connectivity index (χ0n) is 78.7. The summed E-state index contributed by atoms with van der Waals surface area (Å²) < 4.78 is 171. The van der Waals surface area contributed by atoms with Crippen molar-refractivity contribution in [2.75, 3.05) is 14.7 Å². The number of aromatic nitrogens is 3. The van der Waals surface area contributed by atoms with E-state index in [9.17, 15) is 30.7 Å². The van der Waals surface area contributed by atoms with Crippen molar-refractivity contribution in [2.24, 2.45) is 0 Å². The van der Waals surface area contributed by atoms with Gasteiger partial charge in [-0.2, -0.15) is 0 Å². The summed E-state index contributed by atoms with van der Waals surface area (Å²) in [4.78, 5) is 5.16. The van der Waals surface area contributed by atoms with Gasteiger partial charge in [0.05, 0.1) is 44.2 Å². The number of hydrogen-bond donors (Lipinski definition) is 0. The highest BCUT2D eigenvalue weighted by molar-refractivity contribution is 6.13. The van der Waals surface area contributed by atoms with Gasteiger partial charge >= 0.3 is 0 Å². The first-order chi connectivity index (χ1) is 71.2. The van der Waals surface area contributed by atoms with Crippen LogP contribution in [0.1, 0.15) is 16.7 Å². The van der Waals surface area contributed by atoms with E-state index in [2.05, 4.69) is 292 Å². The molecule has 0 aliphatic rings. The third kappa shape index (κ3) is 17.5. The third-order valence-electron chi connectivity index (χ3n) is 26.8. The molecular weight excluding hydrogens is 1840 g/mol. The van der Waals surface area contributed by atoms with E-state index in [1.807, 2.05) is 128 Å². The normalized spacial score (nSPS) is 11.4. The summed E-state index contributed by atoms with van der Waals surface area (Å²) in [6, 6.07) is 151. The first kappa shape index (κ1) is 92.7. The number of fused-ring (bicyclic) bond motifs is 9. The molecule has 0 saturated carbocycles. The minimum absolute atomic E-state index is 0.00373. The lowest BCUT2D eigenvalue weighted by molar-refractivity contribution is 0.379. The zero-order valence-corrected chi connectivity index (χ0v) is 78.7. The van der Waals surface area contributed by atoms with Gasteiger partial charge in [-0.3, -0.25) is 0 Å². The van der Waals surface area contributed by atoms with Gasteiger partial charge in [0, 0.05) is 94.9 Å². The number of benzene rings is 21. The molecule has 0 radical (unpaired) electrons. The number of halogens is 11. The monoisotopic (exact) mass is 1930 g/mol. The van der Waals surface area contributed by atoms with Gasteiger partial charge in [-0.05, 0) is 305 Å². The lowest BCUT2D eigenvalue weighted by Gasteiger charge is -2.27. The second-order valence-electron chi connectivity index (χ2n) is 36.0. The van der Waals surface area contributed by atoms with Crippen LogP contribution in [-0.4, -0.2) is 13.7 Å². The molecule has 24 rings (SSSR count). The van der Waals surface area contributed by atoms with Crippen LogP contribution in [0.2, 0.25) is 0 Å². The van der Waals surface area contributed by atoms with Crippen molar-refractivity contribution in [2.45, 2.75) is 20.8 Å². The Morgan fingerprint density at radius 2 is 0.370 bits per heavy atom. The van der Waals surface area contributed by atoms with Gasteiger partial charge in [0.2, 0.25) is 5.82 Å². The Labute approximate surface area is 834 Å². The number of para-hydroxylation sites is 4. The van der Waals surface area contributed by atoms with Crippen LogP contribution in [0.3, 0.4) is 0 Å². The van der Waals surface area contributed by atoms with Crippen LogP contribution in [0.4, 0.5) is 99.5 Å². The average Bonchev–Trinajstić information content (AvgIpc) is 1.44. The first-order valence-corrected chi connectivity index (χ1v) is 47.5. The summed E-state index contributed by atoms with van der Waals surface area (Å²) in [7, 11) is 0. The van der Waals surface area contributed by atoms with E-state index in [-0.39, 0.29) is 23.0 Å². The van der Waals surface area contributed by atoms with E-state index < -0.39 is 69.2 Å². The molecular formula is C129H85F11N6. The summed E-state index contributed by atoms with van der Waals surface area (Å²) in [5, 5.41) is 6.91. The molecule has 0 amide bonds. The van der Waals surface area contributed by atoms with Crippen LogP contribution in [0.25, 0.3) is 149 Å². The van der Waals surface area contributed by atoms with E-state index in [0.29, 0.717) is 11.1 Å². The largest absolute Gasteiger partial charge is 0.311 e. The van der Waals surface area contributed by atoms with Crippen molar-refractivity contribution < 1.29 is 48.3 Å². The smallest absolute Gasteiger partial charge is 0.200 e. The fraction of sp³-hybridized carbons (Fsp3) is 0.0233. The van der Waals surface area contributed by atoms with Crippen LogP contribution in [0, 0.1) is 84.8 Å². The highest BCUT2D eigenvalue weighted by Crippen LogP contribution is 2.49. The molecule has 3 aromatic heterocycles. The van der Waals surface area contributed by atoms with Crippen molar-refractivity contribution in [3.05, 3.63) is 542 Å². The summed E-state index contributed by atoms with van der Waals surface area (Å²) in [6.07, 6.45) is 0. The maximum atomic E-state index is 16.3. The predicted molar refractivity (Wildman–Crippen MR) is 573 cm³/mol. The Kier molecular flexibility index (Phi) is 24.9. The van der Waals surface area contributed by atoms with Crippen LogP contribution in [-0.2, 0) is 0 Å². The van der Waals surface area contributed by atoms with Gasteiger partial charge in [0.15, 0.2) is 46.5 Å². The molecule has 0 aliphatic carbocycles. The Balaban J connectivity index is 0.000000127. The van der Waals surface area contributed by atoms with Crippen molar-refractivity contribution in [1.29, 1.82) is 0 Å². The number of rotatable bonds is 18. The van der Waals surface area contributed by atoms with Crippen LogP contribution in [0.15, 0.2) is 461 Å². The molecule has 6 nitrogen and oxygen atoms in total. The second-order valence-corrected chi connectivity index (χ2v) is 36.0. The molecule has 0 spiro atoms. The van der Waals surface area contributed by atoms with Crippen molar-refractivity contribution in [3.63, 3.8) is 0 Å². The minimum Gasteiger partial charge on any atom is -0.311 e. The standard InChI is InChI=1S/C49H27F9N2.C43H31FN2.C37H27FN2/c1-26-12-22-34-35-25-30(17-23-36(35)60(37(34)24-26)31-10-6-3-7-11-31)29-15-20-33(21-16-29)59(32-18-13-28(14-19-32)27-8-4-2-5-9-27)49-47(57)42(52)39(43(53)48(49)58)38-40(50)44(54)46(56)45(55)41(38)51;1-30-12-26-40-41-29-34(17-27-42(41)46(43(40)28-30)36-10-6-3-7-11-36)33-15-22-38(23-16-33)45(39-24-18-35(44)19-25-39)37-20-13-32(14-21-37)31-8-4-2-5-9-31;1-26-12-22-34-35-25-28(15-23-36(35)40(37(34)24-26)31-10-6-3-7-11-31)27-13-18-32(19-14-27)39(30-8-4-2-5-9-30)33-20-16-29(38)17-21-33/h2-25H,1H3;2-29H,1H3;2-25H,1H3. The van der Waals surface area contributed by atoms with Gasteiger partial charge in [-0.25, -0.2) is 48.3 Å². The van der Waals surface area contributed by atoms with Gasteiger partial charge in [-0.1, -0.05) is 249 Å². The van der Waals surface area contributed by atoms with E-state index >= 15 is 17.6 Å². The van der Waals surface area contributed by atoms with Gasteiger partial charge in [0.25, 0.3) is 0 Å². The molecule has 0 bridgehead atoms. The van der Waals surface area contributed by atoms with E-state index in [0.717, 1.165) is 117 Å². The van der Waals surface area contributed by atoms with Crippen LogP contribution in [0.5, 0.6) is 0 Å². The predicted octanol–water partition coefficient (Wildman–Crippen LogP) is 37.2. The summed E-state index contributed by atoms with van der Waals surface area (Å²) in [5.74, 6) is -22.6. The SMILES string of the molecule is Cc1ccc2c3cc(-c4ccc(N(c5ccc(-c6ccccc6)cc5)c5c(F)c(F)c(-c6c(F)c(F)c(F)c(F)c6F)c(F)c5F)cc4)ccc3n(-c3ccccc3)c2c1.Cc1ccc2c3cc(-c4ccc(N(c5ccc(F)cc5)c5ccc(-c6ccccc6)cc5)cc4)ccc3n(-c3ccccc3)c2c1.Cc1ccc2c3cc(-c4ccc(N(c5ccccc5)c5ccc(F)cc5)cc4)ccc3n(-c3ccccc3)c2c1. The van der Waals surface area contributed by atoms with Gasteiger partial charge in [0.1, 0.15) is 17.3 Å². The minimum atomic E-state index is -2.64. The van der Waals surface area contributed by atoms with E-state index in [4.69, 9.17) is 0 Å². The molecule has 0 unspecified atom stereocenters.